The Morgan fingerprint density at radius 3 is 2.54 bits per heavy atom. The van der Waals surface area contributed by atoms with Gasteiger partial charge in [-0.2, -0.15) is 0 Å². The predicted octanol–water partition coefficient (Wildman–Crippen LogP) is 2.17. The summed E-state index contributed by atoms with van der Waals surface area (Å²) in [6.45, 7) is 6.27. The molecule has 24 heavy (non-hydrogen) atoms. The van der Waals surface area contributed by atoms with Crippen LogP contribution in [0, 0.1) is 5.41 Å². The van der Waals surface area contributed by atoms with Crippen LogP contribution in [-0.2, 0) is 10.0 Å². The van der Waals surface area contributed by atoms with Crippen LogP contribution in [0.3, 0.4) is 0 Å². The molecule has 1 aliphatic heterocycles. The van der Waals surface area contributed by atoms with Crippen LogP contribution in [0.1, 0.15) is 51.9 Å². The first-order chi connectivity index (χ1) is 10.9. The third-order valence-corrected chi connectivity index (χ3v) is 5.68. The molecule has 2 rings (SSSR count). The summed E-state index contributed by atoms with van der Waals surface area (Å²) in [5.41, 5.74) is 0.520. The van der Waals surface area contributed by atoms with Crippen molar-refractivity contribution in [3.63, 3.8) is 0 Å². The smallest absolute Gasteiger partial charge is 0.208 e. The van der Waals surface area contributed by atoms with Gasteiger partial charge in [0.25, 0.3) is 0 Å². The van der Waals surface area contributed by atoms with Crippen LogP contribution in [0.15, 0.2) is 4.99 Å². The van der Waals surface area contributed by atoms with E-state index in [0.717, 1.165) is 32.0 Å². The molecule has 0 radical (unpaired) electrons. The summed E-state index contributed by atoms with van der Waals surface area (Å²) < 4.78 is 24.6. The number of hydrogen-bond donors (Lipinski definition) is 2. The largest absolute Gasteiger partial charge is 0.357 e. The first kappa shape index (κ1) is 22.0. The Morgan fingerprint density at radius 1 is 1.21 bits per heavy atom. The lowest BCUT2D eigenvalue weighted by Gasteiger charge is -2.33. The van der Waals surface area contributed by atoms with Crippen LogP contribution in [0.2, 0.25) is 0 Å². The lowest BCUT2D eigenvalue weighted by molar-refractivity contribution is 0.203. The summed E-state index contributed by atoms with van der Waals surface area (Å²) in [5.74, 6) is 0.995. The molecule has 1 spiro atoms. The minimum absolute atomic E-state index is 0. The van der Waals surface area contributed by atoms with E-state index in [9.17, 15) is 8.42 Å². The lowest BCUT2D eigenvalue weighted by atomic mass is 9.73. The summed E-state index contributed by atoms with van der Waals surface area (Å²) in [6.07, 6.45) is 10.1. The number of aliphatic imine (C=N–C) groups is 1. The third kappa shape index (κ3) is 7.03. The summed E-state index contributed by atoms with van der Waals surface area (Å²) in [7, 11) is -3.09. The maximum atomic E-state index is 11.0. The number of guanidine groups is 1. The van der Waals surface area contributed by atoms with Gasteiger partial charge in [0, 0.05) is 32.7 Å². The number of sulfonamides is 1. The highest BCUT2D eigenvalue weighted by atomic mass is 127. The maximum absolute atomic E-state index is 11.0. The molecule has 142 valence electrons. The van der Waals surface area contributed by atoms with Crippen molar-refractivity contribution in [3.05, 3.63) is 0 Å². The summed E-state index contributed by atoms with van der Waals surface area (Å²) in [5, 5.41) is 3.39. The molecule has 2 N–H and O–H groups in total. The van der Waals surface area contributed by atoms with Gasteiger partial charge in [0.15, 0.2) is 5.96 Å². The molecule has 0 atom stereocenters. The van der Waals surface area contributed by atoms with Crippen molar-refractivity contribution in [2.75, 3.05) is 39.0 Å². The Kier molecular flexibility index (Phi) is 9.29. The Bertz CT molecular complexity index is 504. The second-order valence-corrected chi connectivity index (χ2v) is 8.82. The Morgan fingerprint density at radius 2 is 1.92 bits per heavy atom. The van der Waals surface area contributed by atoms with E-state index in [2.05, 4.69) is 26.9 Å². The molecule has 6 nitrogen and oxygen atoms in total. The summed E-state index contributed by atoms with van der Waals surface area (Å²) in [4.78, 5) is 7.09. The molecule has 0 unspecified atom stereocenters. The highest BCUT2D eigenvalue weighted by Gasteiger charge is 2.39. The molecule has 1 saturated heterocycles. The maximum Gasteiger partial charge on any atom is 0.208 e. The highest BCUT2D eigenvalue weighted by Crippen LogP contribution is 2.43. The van der Waals surface area contributed by atoms with Gasteiger partial charge in [0.05, 0.1) is 6.26 Å². The molecule has 0 amide bonds. The first-order valence-corrected chi connectivity index (χ1v) is 10.8. The van der Waals surface area contributed by atoms with Gasteiger partial charge in [-0.3, -0.25) is 4.99 Å². The van der Waals surface area contributed by atoms with Crippen molar-refractivity contribution < 1.29 is 8.42 Å². The third-order valence-electron chi connectivity index (χ3n) is 4.95. The summed E-state index contributed by atoms with van der Waals surface area (Å²) >= 11 is 0. The molecule has 0 aromatic carbocycles. The van der Waals surface area contributed by atoms with Crippen LogP contribution in [0.4, 0.5) is 0 Å². The molecular formula is C16H33IN4O2S. The number of rotatable bonds is 6. The Balaban J connectivity index is 0.00000288. The van der Waals surface area contributed by atoms with E-state index in [1.807, 2.05) is 0 Å². The SMILES string of the molecule is CCNC(=NCCCNS(C)(=O)=O)N1CCC2(CCCCC2)C1.I. The zero-order chi connectivity index (χ0) is 16.8. The van der Waals surface area contributed by atoms with Crippen LogP contribution < -0.4 is 10.0 Å². The average molecular weight is 472 g/mol. The van der Waals surface area contributed by atoms with E-state index in [0.29, 0.717) is 18.5 Å². The number of likely N-dealkylation sites (tertiary alicyclic amines) is 1. The zero-order valence-electron chi connectivity index (χ0n) is 15.0. The average Bonchev–Trinajstić information content (AvgIpc) is 2.89. The van der Waals surface area contributed by atoms with E-state index < -0.39 is 10.0 Å². The molecular weight excluding hydrogens is 439 g/mol. The van der Waals surface area contributed by atoms with Crippen molar-refractivity contribution in [1.82, 2.24) is 14.9 Å². The molecule has 0 aromatic heterocycles. The predicted molar refractivity (Wildman–Crippen MR) is 111 cm³/mol. The molecule has 2 fully saturated rings. The number of halogens is 1. The van der Waals surface area contributed by atoms with E-state index in [1.165, 1.54) is 44.8 Å². The topological polar surface area (TPSA) is 73.8 Å². The number of nitrogens with zero attached hydrogens (tertiary/aromatic N) is 2. The second-order valence-electron chi connectivity index (χ2n) is 6.99. The monoisotopic (exact) mass is 472 g/mol. The highest BCUT2D eigenvalue weighted by molar-refractivity contribution is 14.0. The van der Waals surface area contributed by atoms with Crippen LogP contribution in [0.25, 0.3) is 0 Å². The van der Waals surface area contributed by atoms with Gasteiger partial charge in [-0.1, -0.05) is 19.3 Å². The Hall–Kier alpha value is -0.0900. The molecule has 2 aliphatic rings. The van der Waals surface area contributed by atoms with Crippen molar-refractivity contribution in [2.45, 2.75) is 51.9 Å². The van der Waals surface area contributed by atoms with E-state index in [-0.39, 0.29) is 24.0 Å². The lowest BCUT2D eigenvalue weighted by Crippen LogP contribution is -2.41. The van der Waals surface area contributed by atoms with Gasteiger partial charge in [0.2, 0.25) is 10.0 Å². The quantitative estimate of drug-likeness (QED) is 0.269. The summed E-state index contributed by atoms with van der Waals surface area (Å²) in [6, 6.07) is 0. The van der Waals surface area contributed by atoms with Crippen LogP contribution in [0.5, 0.6) is 0 Å². The van der Waals surface area contributed by atoms with Gasteiger partial charge >= 0.3 is 0 Å². The zero-order valence-corrected chi connectivity index (χ0v) is 18.2. The molecule has 0 aromatic rings. The minimum Gasteiger partial charge on any atom is -0.357 e. The molecule has 1 saturated carbocycles. The van der Waals surface area contributed by atoms with Crippen molar-refractivity contribution in [1.29, 1.82) is 0 Å². The fraction of sp³-hybridized carbons (Fsp3) is 0.938. The van der Waals surface area contributed by atoms with Gasteiger partial charge < -0.3 is 10.2 Å². The van der Waals surface area contributed by atoms with E-state index in [1.54, 1.807) is 0 Å². The van der Waals surface area contributed by atoms with E-state index >= 15 is 0 Å². The number of hydrogen-bond acceptors (Lipinski definition) is 3. The molecule has 0 bridgehead atoms. The fourth-order valence-electron chi connectivity index (χ4n) is 3.77. The van der Waals surface area contributed by atoms with Gasteiger partial charge in [0.1, 0.15) is 0 Å². The molecule has 1 heterocycles. The van der Waals surface area contributed by atoms with Crippen molar-refractivity contribution in [3.8, 4) is 0 Å². The normalized spacial score (nSPS) is 20.9. The van der Waals surface area contributed by atoms with Crippen molar-refractivity contribution in [2.24, 2.45) is 10.4 Å². The number of nitrogens with one attached hydrogen (secondary N) is 2. The Labute approximate surface area is 164 Å². The standard InChI is InChI=1S/C16H32N4O2S.HI/c1-3-17-15(18-11-7-12-19-23(2,21)22)20-13-10-16(14-20)8-5-4-6-9-16;/h19H,3-14H2,1-2H3,(H,17,18);1H. The minimum atomic E-state index is -3.09. The van der Waals surface area contributed by atoms with Gasteiger partial charge in [-0.15, -0.1) is 24.0 Å². The van der Waals surface area contributed by atoms with E-state index in [4.69, 9.17) is 0 Å². The fourth-order valence-corrected chi connectivity index (χ4v) is 4.29. The van der Waals surface area contributed by atoms with Gasteiger partial charge in [-0.05, 0) is 38.0 Å². The molecule has 1 aliphatic carbocycles. The van der Waals surface area contributed by atoms with Crippen LogP contribution >= 0.6 is 24.0 Å². The van der Waals surface area contributed by atoms with Crippen LogP contribution in [-0.4, -0.2) is 58.3 Å². The molecule has 8 heteroatoms. The second kappa shape index (κ2) is 10.2. The van der Waals surface area contributed by atoms with Gasteiger partial charge in [-0.25, -0.2) is 13.1 Å². The van der Waals surface area contributed by atoms with Crippen molar-refractivity contribution >= 4 is 40.0 Å². The first-order valence-electron chi connectivity index (χ1n) is 8.92.